The van der Waals surface area contributed by atoms with Gasteiger partial charge in [-0.3, -0.25) is 4.79 Å². The van der Waals surface area contributed by atoms with Crippen molar-refractivity contribution in [3.63, 3.8) is 0 Å². The number of piperazine rings is 1. The van der Waals surface area contributed by atoms with Gasteiger partial charge in [-0.1, -0.05) is 5.16 Å². The number of aryl methyl sites for hydroxylation is 2. The molecule has 0 unspecified atom stereocenters. The van der Waals surface area contributed by atoms with Crippen LogP contribution in [0.25, 0.3) is 11.1 Å². The predicted molar refractivity (Wildman–Crippen MR) is 77.2 cm³/mol. The molecule has 2 aromatic heterocycles. The molecule has 0 aliphatic carbocycles. The van der Waals surface area contributed by atoms with Gasteiger partial charge in [0, 0.05) is 31.9 Å². The van der Waals surface area contributed by atoms with E-state index in [9.17, 15) is 4.79 Å². The molecule has 3 rings (SSSR count). The summed E-state index contributed by atoms with van der Waals surface area (Å²) in [4.78, 5) is 19.8. The summed E-state index contributed by atoms with van der Waals surface area (Å²) in [5.74, 6) is -0.216. The molecule has 7 heteroatoms. The van der Waals surface area contributed by atoms with E-state index in [1.807, 2.05) is 19.9 Å². The van der Waals surface area contributed by atoms with Gasteiger partial charge >= 0.3 is 0 Å². The number of hydrogen-bond acceptors (Lipinski definition) is 6. The molecule has 1 N–H and O–H groups in total. The van der Waals surface area contributed by atoms with Gasteiger partial charge < -0.3 is 19.4 Å². The lowest BCUT2D eigenvalue weighted by Gasteiger charge is -2.36. The van der Waals surface area contributed by atoms with E-state index in [0.29, 0.717) is 18.8 Å². The molecular formula is C14H18N4O3. The standard InChI is InChI=1S/C14H18N4O3/c1-9-7-11(13-10(2)16-21-14(13)15-9)17-3-5-18(6-4-17)12(20)8-19/h7,19H,3-6,8H2,1-2H3. The van der Waals surface area contributed by atoms with Crippen LogP contribution in [0.5, 0.6) is 0 Å². The molecule has 1 fully saturated rings. The monoisotopic (exact) mass is 290 g/mol. The highest BCUT2D eigenvalue weighted by atomic mass is 16.5. The van der Waals surface area contributed by atoms with Crippen molar-refractivity contribution in [2.75, 3.05) is 37.7 Å². The number of rotatable bonds is 2. The highest BCUT2D eigenvalue weighted by Crippen LogP contribution is 2.30. The van der Waals surface area contributed by atoms with E-state index >= 15 is 0 Å². The number of carbonyl (C=O) groups is 1. The smallest absolute Gasteiger partial charge is 0.260 e. The quantitative estimate of drug-likeness (QED) is 0.866. The van der Waals surface area contributed by atoms with Gasteiger partial charge in [-0.2, -0.15) is 0 Å². The fourth-order valence-electron chi connectivity index (χ4n) is 2.74. The van der Waals surface area contributed by atoms with Gasteiger partial charge in [-0.15, -0.1) is 0 Å². The molecule has 0 aromatic carbocycles. The third kappa shape index (κ3) is 2.44. The first-order valence-electron chi connectivity index (χ1n) is 6.97. The predicted octanol–water partition coefficient (Wildman–Crippen LogP) is 0.481. The zero-order valence-electron chi connectivity index (χ0n) is 12.2. The highest BCUT2D eigenvalue weighted by Gasteiger charge is 2.23. The number of aromatic nitrogens is 2. The normalized spacial score (nSPS) is 15.8. The molecule has 7 nitrogen and oxygen atoms in total. The first-order chi connectivity index (χ1) is 10.1. The molecule has 0 bridgehead atoms. The number of hydrogen-bond donors (Lipinski definition) is 1. The Morgan fingerprint density at radius 1 is 1.33 bits per heavy atom. The molecule has 1 saturated heterocycles. The minimum atomic E-state index is -0.427. The molecule has 1 aliphatic heterocycles. The van der Waals surface area contributed by atoms with Gasteiger partial charge in [0.25, 0.3) is 5.71 Å². The van der Waals surface area contributed by atoms with Gasteiger partial charge in [-0.05, 0) is 19.9 Å². The van der Waals surface area contributed by atoms with Crippen molar-refractivity contribution >= 4 is 22.7 Å². The van der Waals surface area contributed by atoms with E-state index in [1.165, 1.54) is 0 Å². The molecule has 0 radical (unpaired) electrons. The Kier molecular flexibility index (Phi) is 3.50. The highest BCUT2D eigenvalue weighted by molar-refractivity contribution is 5.91. The number of pyridine rings is 1. The second-order valence-electron chi connectivity index (χ2n) is 5.26. The lowest BCUT2D eigenvalue weighted by Crippen LogP contribution is -2.49. The van der Waals surface area contributed by atoms with Crippen molar-refractivity contribution < 1.29 is 14.4 Å². The minimum Gasteiger partial charge on any atom is -0.387 e. The summed E-state index contributed by atoms with van der Waals surface area (Å²) in [6.45, 7) is 6.04. The van der Waals surface area contributed by atoms with E-state index < -0.39 is 6.61 Å². The number of carbonyl (C=O) groups excluding carboxylic acids is 1. The topological polar surface area (TPSA) is 82.7 Å². The third-order valence-electron chi connectivity index (χ3n) is 3.83. The van der Waals surface area contributed by atoms with E-state index in [4.69, 9.17) is 9.63 Å². The fraction of sp³-hybridized carbons (Fsp3) is 0.500. The maximum Gasteiger partial charge on any atom is 0.260 e. The number of nitrogens with zero attached hydrogens (tertiary/aromatic N) is 4. The summed E-state index contributed by atoms with van der Waals surface area (Å²) < 4.78 is 5.25. The average molecular weight is 290 g/mol. The minimum absolute atomic E-state index is 0.216. The molecule has 21 heavy (non-hydrogen) atoms. The van der Waals surface area contributed by atoms with Crippen LogP contribution in [0.3, 0.4) is 0 Å². The maximum absolute atomic E-state index is 11.5. The Hall–Kier alpha value is -2.15. The fourth-order valence-corrected chi connectivity index (χ4v) is 2.74. The summed E-state index contributed by atoms with van der Waals surface area (Å²) in [7, 11) is 0. The Labute approximate surface area is 122 Å². The molecule has 0 saturated carbocycles. The molecule has 0 atom stereocenters. The molecular weight excluding hydrogens is 272 g/mol. The van der Waals surface area contributed by atoms with Crippen LogP contribution in [-0.4, -0.2) is 58.8 Å². The Bertz CT molecular complexity index is 674. The zero-order valence-corrected chi connectivity index (χ0v) is 12.2. The summed E-state index contributed by atoms with van der Waals surface area (Å²) >= 11 is 0. The SMILES string of the molecule is Cc1cc(N2CCN(C(=O)CO)CC2)c2c(C)noc2n1. The second kappa shape index (κ2) is 5.33. The lowest BCUT2D eigenvalue weighted by atomic mass is 10.1. The number of anilines is 1. The van der Waals surface area contributed by atoms with Crippen LogP contribution in [0.4, 0.5) is 5.69 Å². The second-order valence-corrected chi connectivity index (χ2v) is 5.26. The van der Waals surface area contributed by atoms with Crippen molar-refractivity contribution in [2.24, 2.45) is 0 Å². The zero-order chi connectivity index (χ0) is 15.0. The first-order valence-corrected chi connectivity index (χ1v) is 6.97. The first kappa shape index (κ1) is 13.8. The number of aliphatic hydroxyl groups is 1. The largest absolute Gasteiger partial charge is 0.387 e. The van der Waals surface area contributed by atoms with E-state index in [1.54, 1.807) is 4.90 Å². The number of aliphatic hydroxyl groups excluding tert-OH is 1. The summed E-state index contributed by atoms with van der Waals surface area (Å²) in [5.41, 5.74) is 3.30. The Morgan fingerprint density at radius 2 is 2.05 bits per heavy atom. The van der Waals surface area contributed by atoms with E-state index in [2.05, 4.69) is 15.0 Å². The van der Waals surface area contributed by atoms with Gasteiger partial charge in [0.2, 0.25) is 5.91 Å². The van der Waals surface area contributed by atoms with Gasteiger partial charge in [-0.25, -0.2) is 4.98 Å². The van der Waals surface area contributed by atoms with Crippen LogP contribution >= 0.6 is 0 Å². The molecule has 3 heterocycles. The number of fused-ring (bicyclic) bond motifs is 1. The summed E-state index contributed by atoms with van der Waals surface area (Å²) in [6.07, 6.45) is 0. The van der Waals surface area contributed by atoms with Crippen molar-refractivity contribution in [3.05, 3.63) is 17.5 Å². The van der Waals surface area contributed by atoms with E-state index in [-0.39, 0.29) is 5.91 Å². The lowest BCUT2D eigenvalue weighted by molar-refractivity contribution is -0.134. The maximum atomic E-state index is 11.5. The van der Waals surface area contributed by atoms with Gasteiger partial charge in [0.15, 0.2) is 0 Å². The molecule has 2 aromatic rings. The van der Waals surface area contributed by atoms with Crippen LogP contribution in [0, 0.1) is 13.8 Å². The van der Waals surface area contributed by atoms with Crippen LogP contribution in [0.2, 0.25) is 0 Å². The summed E-state index contributed by atoms with van der Waals surface area (Å²) in [5, 5.41) is 13.8. The summed E-state index contributed by atoms with van der Waals surface area (Å²) in [6, 6.07) is 2.02. The molecule has 112 valence electrons. The van der Waals surface area contributed by atoms with Crippen molar-refractivity contribution in [1.29, 1.82) is 0 Å². The van der Waals surface area contributed by atoms with Gasteiger partial charge in [0.05, 0.1) is 16.8 Å². The molecule has 0 spiro atoms. The van der Waals surface area contributed by atoms with Crippen molar-refractivity contribution in [3.8, 4) is 0 Å². The van der Waals surface area contributed by atoms with Crippen LogP contribution in [0.15, 0.2) is 10.6 Å². The third-order valence-corrected chi connectivity index (χ3v) is 3.83. The Balaban J connectivity index is 1.88. The van der Waals surface area contributed by atoms with Crippen LogP contribution < -0.4 is 4.90 Å². The van der Waals surface area contributed by atoms with Crippen LogP contribution in [-0.2, 0) is 4.79 Å². The molecule has 1 amide bonds. The van der Waals surface area contributed by atoms with Crippen molar-refractivity contribution in [1.82, 2.24) is 15.0 Å². The average Bonchev–Trinajstić information content (AvgIpc) is 2.87. The van der Waals surface area contributed by atoms with E-state index in [0.717, 1.165) is 35.6 Å². The molecule has 1 aliphatic rings. The Morgan fingerprint density at radius 3 is 2.71 bits per heavy atom. The van der Waals surface area contributed by atoms with Crippen LogP contribution in [0.1, 0.15) is 11.4 Å². The van der Waals surface area contributed by atoms with Crippen molar-refractivity contribution in [2.45, 2.75) is 13.8 Å². The number of amides is 1. The van der Waals surface area contributed by atoms with Gasteiger partial charge in [0.1, 0.15) is 6.61 Å².